The second kappa shape index (κ2) is 18.8. The van der Waals surface area contributed by atoms with Gasteiger partial charge in [-0.05, 0) is 108 Å². The highest BCUT2D eigenvalue weighted by Crippen LogP contribution is 2.40. The first-order valence-corrected chi connectivity index (χ1v) is 21.3. The molecule has 4 atom stereocenters. The third-order valence-electron chi connectivity index (χ3n) is 11.8. The largest absolute Gasteiger partial charge is 0.468 e. The number of anilines is 1. The normalized spacial score (nSPS) is 21.2. The third kappa shape index (κ3) is 9.37. The number of rotatable bonds is 12. The molecule has 4 aliphatic heterocycles. The first-order chi connectivity index (χ1) is 28.9. The van der Waals surface area contributed by atoms with Gasteiger partial charge >= 0.3 is 18.1 Å². The predicted octanol–water partition coefficient (Wildman–Crippen LogP) is 7.32. The monoisotopic (exact) mass is 830 g/mol. The first kappa shape index (κ1) is 43.2. The number of aromatic nitrogens is 3. The van der Waals surface area contributed by atoms with Gasteiger partial charge in [0.05, 0.1) is 37.8 Å². The van der Waals surface area contributed by atoms with Crippen LogP contribution in [0.3, 0.4) is 0 Å². The van der Waals surface area contributed by atoms with E-state index in [0.29, 0.717) is 54.9 Å². The van der Waals surface area contributed by atoms with Gasteiger partial charge in [0.15, 0.2) is 12.6 Å². The van der Waals surface area contributed by atoms with Gasteiger partial charge in [0.25, 0.3) is 0 Å². The van der Waals surface area contributed by atoms with Gasteiger partial charge in [0.1, 0.15) is 35.0 Å². The average Bonchev–Trinajstić information content (AvgIpc) is 3.93. The highest BCUT2D eigenvalue weighted by atomic mass is 19.1. The maximum absolute atomic E-state index is 16.7. The number of benzene rings is 2. The fraction of sp³-hybridized carbons (Fsp3) is 0.578. The lowest BCUT2D eigenvalue weighted by molar-refractivity contribution is -0.148. The highest BCUT2D eigenvalue weighted by molar-refractivity contribution is 6.01. The Morgan fingerprint density at radius 2 is 1.73 bits per heavy atom. The van der Waals surface area contributed by atoms with Crippen LogP contribution in [0.1, 0.15) is 78.7 Å². The molecule has 0 radical (unpaired) electrons. The molecule has 2 aromatic heterocycles. The fourth-order valence-electron chi connectivity index (χ4n) is 9.26. The van der Waals surface area contributed by atoms with Gasteiger partial charge in [-0.1, -0.05) is 25.1 Å². The molecule has 14 nitrogen and oxygen atoms in total. The quantitative estimate of drug-likeness (QED) is 0.104. The number of fused-ring (bicyclic) bond motifs is 5. The minimum absolute atomic E-state index is 0.0506. The number of ether oxygens (including phenoxy) is 6. The number of hydrogen-bond acceptors (Lipinski definition) is 13. The topological polar surface area (TPSA) is 138 Å². The zero-order valence-corrected chi connectivity index (χ0v) is 36.0. The van der Waals surface area contributed by atoms with Crippen molar-refractivity contribution in [2.45, 2.75) is 109 Å². The van der Waals surface area contributed by atoms with E-state index in [1.165, 1.54) is 39.3 Å². The van der Waals surface area contributed by atoms with Crippen molar-refractivity contribution < 1.29 is 42.4 Å². The van der Waals surface area contributed by atoms with E-state index in [-0.39, 0.29) is 54.8 Å². The molecule has 4 fully saturated rings. The number of halogens is 1. The lowest BCUT2D eigenvalue weighted by Gasteiger charge is -2.42. The number of pyridine rings is 1. The summed E-state index contributed by atoms with van der Waals surface area (Å²) in [4.78, 5) is 44.4. The molecule has 324 valence electrons. The molecular weight excluding hydrogens is 772 g/mol. The zero-order chi connectivity index (χ0) is 42.6. The van der Waals surface area contributed by atoms with E-state index in [1.54, 1.807) is 19.4 Å². The van der Waals surface area contributed by atoms with E-state index in [1.807, 2.05) is 56.9 Å². The van der Waals surface area contributed by atoms with Gasteiger partial charge in [-0.3, -0.25) is 14.8 Å². The summed E-state index contributed by atoms with van der Waals surface area (Å²) < 4.78 is 49.0. The van der Waals surface area contributed by atoms with Crippen LogP contribution in [-0.2, 0) is 30.2 Å². The Balaban J connectivity index is 0.000000285. The number of nitrogens with zero attached hydrogens (tertiary/aromatic N) is 6. The lowest BCUT2D eigenvalue weighted by atomic mass is 9.95. The van der Waals surface area contributed by atoms with E-state index in [0.717, 1.165) is 41.6 Å². The highest BCUT2D eigenvalue weighted by Gasteiger charge is 2.45. The molecule has 4 aliphatic rings. The van der Waals surface area contributed by atoms with Crippen LogP contribution in [0.15, 0.2) is 36.5 Å². The number of carbonyl (C=O) groups is 2. The number of piperazine rings is 1. The van der Waals surface area contributed by atoms with Crippen LogP contribution in [0.5, 0.6) is 11.8 Å². The molecule has 0 saturated carbocycles. The minimum atomic E-state index is -0.580. The molecule has 0 spiro atoms. The molecule has 1 amide bonds. The van der Waals surface area contributed by atoms with Crippen molar-refractivity contribution in [2.24, 2.45) is 0 Å². The molecule has 8 rings (SSSR count). The maximum atomic E-state index is 16.7. The molecule has 4 saturated heterocycles. The summed E-state index contributed by atoms with van der Waals surface area (Å²) in [5.74, 6) is 0.249. The second-order valence-corrected chi connectivity index (χ2v) is 16.9. The summed E-state index contributed by atoms with van der Waals surface area (Å²) in [6.45, 7) is 13.0. The molecular formula is C45H59FN6O8. The lowest BCUT2D eigenvalue weighted by Crippen LogP contribution is -2.57. The van der Waals surface area contributed by atoms with Crippen molar-refractivity contribution in [2.75, 3.05) is 65.4 Å². The Labute approximate surface area is 351 Å². The minimum Gasteiger partial charge on any atom is -0.468 e. The smallest absolute Gasteiger partial charge is 0.410 e. The Kier molecular flexibility index (Phi) is 13.6. The van der Waals surface area contributed by atoms with Crippen LogP contribution >= 0.6 is 0 Å². The number of esters is 1. The number of methoxy groups -OCH3 is 2. The van der Waals surface area contributed by atoms with E-state index in [4.69, 9.17) is 28.4 Å². The number of hydrogen-bond donors (Lipinski definition) is 0. The van der Waals surface area contributed by atoms with Gasteiger partial charge in [-0.15, -0.1) is 0 Å². The fourth-order valence-corrected chi connectivity index (χ4v) is 9.26. The number of amides is 1. The third-order valence-corrected chi connectivity index (χ3v) is 11.8. The maximum Gasteiger partial charge on any atom is 0.410 e. The van der Waals surface area contributed by atoms with E-state index in [9.17, 15) is 9.59 Å². The Morgan fingerprint density at radius 1 is 0.967 bits per heavy atom. The predicted molar refractivity (Wildman–Crippen MR) is 226 cm³/mol. The molecule has 0 aliphatic carbocycles. The SMILES string of the molecule is CCOC(=O)COCC1CCC2CCCN21.CCc1cccc2cc(OCOC)cc(-c3ncc4c(N5CC6CCC(C5)N6C(=O)OC(C)(C)C)nc(OC)nc4c3F)c12. The molecule has 6 heterocycles. The average molecular weight is 831 g/mol. The van der Waals surface area contributed by atoms with Crippen LogP contribution < -0.4 is 14.4 Å². The van der Waals surface area contributed by atoms with Gasteiger partial charge in [0, 0.05) is 44.0 Å². The molecule has 0 N–H and O–H groups in total. The van der Waals surface area contributed by atoms with Crippen molar-refractivity contribution in [3.8, 4) is 23.0 Å². The van der Waals surface area contributed by atoms with Crippen LogP contribution in [0.2, 0.25) is 0 Å². The number of aryl methyl sites for hydroxylation is 1. The van der Waals surface area contributed by atoms with Crippen molar-refractivity contribution in [1.29, 1.82) is 0 Å². The molecule has 2 bridgehead atoms. The van der Waals surface area contributed by atoms with Crippen molar-refractivity contribution >= 4 is 39.6 Å². The zero-order valence-electron chi connectivity index (χ0n) is 36.0. The summed E-state index contributed by atoms with van der Waals surface area (Å²) in [7, 11) is 3.02. The molecule has 2 aromatic carbocycles. The molecule has 4 aromatic rings. The standard InChI is InChI=1S/C33H38FN5O5.C12H21NO3/c1-7-19-9-8-10-20-13-23(43-18-41-5)14-24(26(19)20)28-27(34)29-25(15-35-28)30(37-31(36-29)42-6)38-16-21-11-12-22(17-38)39(21)32(40)44-33(2,3)4;1-2-16-12(14)9-15-8-11-6-5-10-4-3-7-13(10)11/h8-10,13-15,21-22H,7,11-12,16-18H2,1-6H3;10-11H,2-9H2,1H3. The van der Waals surface area contributed by atoms with Crippen LogP contribution in [-0.4, -0.2) is 127 Å². The van der Waals surface area contributed by atoms with Gasteiger partial charge in [-0.25, -0.2) is 14.0 Å². The molecule has 15 heteroatoms. The number of carbonyl (C=O) groups excluding carboxylic acids is 2. The Hall–Kier alpha value is -4.86. The summed E-state index contributed by atoms with van der Waals surface area (Å²) in [5.41, 5.74) is 1.37. The second-order valence-electron chi connectivity index (χ2n) is 16.9. The van der Waals surface area contributed by atoms with Gasteiger partial charge in [-0.2, -0.15) is 9.97 Å². The van der Waals surface area contributed by atoms with Crippen LogP contribution in [0.4, 0.5) is 15.0 Å². The Morgan fingerprint density at radius 3 is 2.43 bits per heavy atom. The van der Waals surface area contributed by atoms with Crippen molar-refractivity contribution in [1.82, 2.24) is 24.8 Å². The first-order valence-electron chi connectivity index (χ1n) is 21.3. The van der Waals surface area contributed by atoms with E-state index in [2.05, 4.69) is 31.7 Å². The molecule has 4 unspecified atom stereocenters. The van der Waals surface area contributed by atoms with E-state index < -0.39 is 11.4 Å². The summed E-state index contributed by atoms with van der Waals surface area (Å²) >= 11 is 0. The summed E-state index contributed by atoms with van der Waals surface area (Å²) in [6, 6.07) is 11.0. The van der Waals surface area contributed by atoms with Crippen LogP contribution in [0.25, 0.3) is 32.9 Å². The molecule has 60 heavy (non-hydrogen) atoms. The summed E-state index contributed by atoms with van der Waals surface area (Å²) in [5, 5.41) is 2.29. The van der Waals surface area contributed by atoms with Gasteiger partial charge in [0.2, 0.25) is 0 Å². The van der Waals surface area contributed by atoms with Crippen LogP contribution in [0, 0.1) is 5.82 Å². The van der Waals surface area contributed by atoms with Crippen molar-refractivity contribution in [3.63, 3.8) is 0 Å². The summed E-state index contributed by atoms with van der Waals surface area (Å²) in [6.07, 6.45) is 8.97. The van der Waals surface area contributed by atoms with E-state index >= 15 is 4.39 Å². The van der Waals surface area contributed by atoms with Crippen molar-refractivity contribution in [3.05, 3.63) is 47.9 Å². The Bertz CT molecular complexity index is 2150. The van der Waals surface area contributed by atoms with Gasteiger partial charge < -0.3 is 33.3 Å².